The maximum absolute atomic E-state index is 13.0. The Morgan fingerprint density at radius 2 is 1.82 bits per heavy atom. The number of carbonyl (C=O) groups excluding carboxylic acids is 1. The Hall–Kier alpha value is -3.51. The summed E-state index contributed by atoms with van der Waals surface area (Å²) in [4.78, 5) is 18.5. The molecule has 0 aliphatic carbocycles. The average molecular weight is 387 g/mol. The van der Waals surface area contributed by atoms with Crippen molar-refractivity contribution in [2.24, 2.45) is 10.1 Å². The number of hydrogen-bond acceptors (Lipinski definition) is 5. The zero-order valence-corrected chi connectivity index (χ0v) is 16.0. The topological polar surface area (TPSA) is 54.3 Å². The number of benzene rings is 2. The van der Waals surface area contributed by atoms with Gasteiger partial charge in [-0.05, 0) is 47.4 Å². The molecule has 0 N–H and O–H groups in total. The van der Waals surface area contributed by atoms with Crippen LogP contribution >= 0.6 is 11.3 Å². The molecule has 0 saturated heterocycles. The summed E-state index contributed by atoms with van der Waals surface area (Å²) in [5, 5.41) is 7.73. The van der Waals surface area contributed by atoms with Gasteiger partial charge in [-0.3, -0.25) is 4.79 Å². The molecule has 4 rings (SSSR count). The lowest BCUT2D eigenvalue weighted by Crippen LogP contribution is -2.27. The first kappa shape index (κ1) is 17.9. The lowest BCUT2D eigenvalue weighted by molar-refractivity contribution is -0.122. The van der Waals surface area contributed by atoms with Crippen LogP contribution in [0.5, 0.6) is 5.75 Å². The van der Waals surface area contributed by atoms with E-state index in [0.29, 0.717) is 11.5 Å². The molecule has 1 amide bonds. The normalized spacial score (nSPS) is 15.5. The Kier molecular flexibility index (Phi) is 5.12. The molecule has 0 bridgehead atoms. The molecule has 6 heteroatoms. The molecule has 28 heavy (non-hydrogen) atoms. The number of aliphatic imine (C=N–C) groups is 1. The van der Waals surface area contributed by atoms with Crippen LogP contribution in [0.4, 0.5) is 0 Å². The van der Waals surface area contributed by atoms with Gasteiger partial charge in [-0.15, -0.1) is 11.3 Å². The minimum absolute atomic E-state index is 0.253. The van der Waals surface area contributed by atoms with Crippen LogP contribution < -0.4 is 4.74 Å². The van der Waals surface area contributed by atoms with Gasteiger partial charge in [-0.2, -0.15) is 10.1 Å². The number of rotatable bonds is 5. The van der Waals surface area contributed by atoms with Crippen molar-refractivity contribution in [1.82, 2.24) is 5.01 Å². The van der Waals surface area contributed by atoms with Gasteiger partial charge in [-0.25, -0.2) is 4.99 Å². The zero-order chi connectivity index (χ0) is 19.3. The van der Waals surface area contributed by atoms with E-state index in [1.165, 1.54) is 5.01 Å². The molecule has 0 radical (unpaired) electrons. The second-order valence-electron chi connectivity index (χ2n) is 5.98. The number of ether oxygens (including phenoxy) is 1. The molecule has 0 atom stereocenters. The first-order valence-corrected chi connectivity index (χ1v) is 9.54. The van der Waals surface area contributed by atoms with Crippen LogP contribution in [0.1, 0.15) is 16.0 Å². The number of thiophene rings is 1. The Labute approximate surface area is 166 Å². The van der Waals surface area contributed by atoms with Gasteiger partial charge in [0.2, 0.25) is 0 Å². The van der Waals surface area contributed by atoms with Gasteiger partial charge in [-0.1, -0.05) is 36.4 Å². The van der Waals surface area contributed by atoms with E-state index in [1.54, 1.807) is 30.7 Å². The van der Waals surface area contributed by atoms with Crippen LogP contribution in [0, 0.1) is 0 Å². The lowest BCUT2D eigenvalue weighted by atomic mass is 10.2. The number of hydrazone groups is 1. The van der Waals surface area contributed by atoms with Crippen molar-refractivity contribution in [1.29, 1.82) is 0 Å². The third-order valence-corrected chi connectivity index (χ3v) is 4.95. The predicted molar refractivity (Wildman–Crippen MR) is 113 cm³/mol. The first-order chi connectivity index (χ1) is 13.7. The van der Waals surface area contributed by atoms with Gasteiger partial charge in [0.15, 0.2) is 5.84 Å². The maximum Gasteiger partial charge on any atom is 0.298 e. The molecular weight excluding hydrogens is 370 g/mol. The molecule has 2 aromatic carbocycles. The van der Waals surface area contributed by atoms with Crippen LogP contribution in [0.25, 0.3) is 6.08 Å². The van der Waals surface area contributed by atoms with E-state index in [2.05, 4.69) is 10.1 Å². The summed E-state index contributed by atoms with van der Waals surface area (Å²) in [6.45, 7) is 0. The highest BCUT2D eigenvalue weighted by molar-refractivity contribution is 7.10. The van der Waals surface area contributed by atoms with E-state index in [-0.39, 0.29) is 5.91 Å². The highest BCUT2D eigenvalue weighted by atomic mass is 32.1. The van der Waals surface area contributed by atoms with Gasteiger partial charge < -0.3 is 4.74 Å². The Bertz CT molecular complexity index is 1050. The Morgan fingerprint density at radius 3 is 2.50 bits per heavy atom. The Morgan fingerprint density at radius 1 is 1.04 bits per heavy atom. The number of carbonyl (C=O) groups is 1. The standard InChI is InChI=1S/C22H17N3O2S/c1-27-18-11-9-16(10-12-18)15-23-25-21(17-6-3-2-4-7-17)24-20(22(25)26)14-19-8-5-13-28-19/h2-15H,1H3/b20-14-,23-15-. The van der Waals surface area contributed by atoms with Gasteiger partial charge in [0.25, 0.3) is 5.91 Å². The SMILES string of the molecule is COc1ccc(/C=N\N2C(=O)/C(=C/c3cccs3)N=C2c2ccccc2)cc1. The third-order valence-electron chi connectivity index (χ3n) is 4.13. The van der Waals surface area contributed by atoms with Crippen LogP contribution in [0.3, 0.4) is 0 Å². The van der Waals surface area contributed by atoms with Crippen molar-refractivity contribution >= 4 is 35.4 Å². The second kappa shape index (κ2) is 8.02. The van der Waals surface area contributed by atoms with E-state index < -0.39 is 0 Å². The van der Waals surface area contributed by atoms with Gasteiger partial charge in [0.05, 0.1) is 13.3 Å². The number of hydrogen-bond donors (Lipinski definition) is 0. The highest BCUT2D eigenvalue weighted by Gasteiger charge is 2.31. The van der Waals surface area contributed by atoms with Gasteiger partial charge in [0, 0.05) is 10.4 Å². The lowest BCUT2D eigenvalue weighted by Gasteiger charge is -2.11. The van der Waals surface area contributed by atoms with Crippen molar-refractivity contribution < 1.29 is 9.53 Å². The van der Waals surface area contributed by atoms with Crippen LogP contribution in [0.15, 0.2) is 87.9 Å². The van der Waals surface area contributed by atoms with Gasteiger partial charge in [0.1, 0.15) is 11.4 Å². The van der Waals surface area contributed by atoms with E-state index in [9.17, 15) is 4.79 Å². The molecule has 2 heterocycles. The average Bonchev–Trinajstić information content (AvgIpc) is 3.36. The van der Waals surface area contributed by atoms with Crippen LogP contribution in [-0.4, -0.2) is 30.1 Å². The summed E-state index contributed by atoms with van der Waals surface area (Å²) in [5.74, 6) is 1.03. The van der Waals surface area contributed by atoms with Crippen molar-refractivity contribution in [3.8, 4) is 5.75 Å². The van der Waals surface area contributed by atoms with Crippen molar-refractivity contribution in [2.75, 3.05) is 7.11 Å². The minimum atomic E-state index is -0.253. The number of amides is 1. The third kappa shape index (κ3) is 3.77. The number of nitrogens with zero attached hydrogens (tertiary/aromatic N) is 3. The molecule has 1 aromatic heterocycles. The summed E-state index contributed by atoms with van der Waals surface area (Å²) in [7, 11) is 1.62. The molecule has 5 nitrogen and oxygen atoms in total. The maximum atomic E-state index is 13.0. The van der Waals surface area contributed by atoms with E-state index in [0.717, 1.165) is 21.8 Å². The first-order valence-electron chi connectivity index (χ1n) is 8.66. The second-order valence-corrected chi connectivity index (χ2v) is 6.96. The fraction of sp³-hybridized carbons (Fsp3) is 0.0455. The summed E-state index contributed by atoms with van der Waals surface area (Å²) < 4.78 is 5.17. The summed E-state index contributed by atoms with van der Waals surface area (Å²) >= 11 is 1.56. The molecular formula is C22H17N3O2S. The largest absolute Gasteiger partial charge is 0.497 e. The predicted octanol–water partition coefficient (Wildman–Crippen LogP) is 4.42. The Balaban J connectivity index is 1.68. The van der Waals surface area contributed by atoms with E-state index in [4.69, 9.17) is 4.74 Å². The van der Waals surface area contributed by atoms with Crippen molar-refractivity contribution in [2.45, 2.75) is 0 Å². The molecule has 1 aliphatic heterocycles. The van der Waals surface area contributed by atoms with E-state index >= 15 is 0 Å². The molecule has 3 aromatic rings. The molecule has 1 aliphatic rings. The molecule has 0 spiro atoms. The number of amidine groups is 1. The minimum Gasteiger partial charge on any atom is -0.497 e. The number of methoxy groups -OCH3 is 1. The highest BCUT2D eigenvalue weighted by Crippen LogP contribution is 2.24. The monoisotopic (exact) mass is 387 g/mol. The summed E-state index contributed by atoms with van der Waals surface area (Å²) in [6.07, 6.45) is 3.43. The fourth-order valence-electron chi connectivity index (χ4n) is 2.71. The van der Waals surface area contributed by atoms with E-state index in [1.807, 2.05) is 72.1 Å². The molecule has 138 valence electrons. The van der Waals surface area contributed by atoms with Crippen molar-refractivity contribution in [3.63, 3.8) is 0 Å². The quantitative estimate of drug-likeness (QED) is 0.481. The fourth-order valence-corrected chi connectivity index (χ4v) is 3.36. The molecule has 0 fully saturated rings. The molecule has 0 unspecified atom stereocenters. The smallest absolute Gasteiger partial charge is 0.298 e. The zero-order valence-electron chi connectivity index (χ0n) is 15.1. The molecule has 0 saturated carbocycles. The van der Waals surface area contributed by atoms with Crippen LogP contribution in [0.2, 0.25) is 0 Å². The van der Waals surface area contributed by atoms with Crippen molar-refractivity contribution in [3.05, 3.63) is 93.8 Å². The summed E-state index contributed by atoms with van der Waals surface area (Å²) in [5.41, 5.74) is 2.06. The van der Waals surface area contributed by atoms with Crippen LogP contribution in [-0.2, 0) is 4.79 Å². The summed E-state index contributed by atoms with van der Waals surface area (Å²) in [6, 6.07) is 20.9. The van der Waals surface area contributed by atoms with Gasteiger partial charge >= 0.3 is 0 Å².